The average molecular weight is 155 g/mol. The summed E-state index contributed by atoms with van der Waals surface area (Å²) >= 11 is 0. The van der Waals surface area contributed by atoms with Crippen molar-refractivity contribution in [3.63, 3.8) is 0 Å². The molecule has 0 aliphatic carbocycles. The Balaban J connectivity index is 3.57. The molecule has 11 heavy (non-hydrogen) atoms. The van der Waals surface area contributed by atoms with Crippen molar-refractivity contribution in [1.82, 2.24) is 5.32 Å². The Labute approximate surface area is 70.9 Å². The first kappa shape index (κ1) is 10.7. The van der Waals surface area contributed by atoms with Crippen molar-refractivity contribution in [3.05, 3.63) is 12.7 Å². The van der Waals surface area contributed by atoms with Crippen LogP contribution in [-0.2, 0) is 0 Å². The lowest BCUT2D eigenvalue weighted by atomic mass is 9.95. The van der Waals surface area contributed by atoms with Gasteiger partial charge in [0.15, 0.2) is 0 Å². The molecule has 0 aliphatic rings. The van der Waals surface area contributed by atoms with Crippen LogP contribution in [-0.4, -0.2) is 13.1 Å². The molecule has 0 aromatic heterocycles. The SMILES string of the molecule is C=CCC(CC)CC(C)NC. The van der Waals surface area contributed by atoms with Crippen LogP contribution >= 0.6 is 0 Å². The van der Waals surface area contributed by atoms with Crippen molar-refractivity contribution in [2.24, 2.45) is 5.92 Å². The molecule has 0 saturated heterocycles. The standard InChI is InChI=1S/C10H21N/c1-5-7-10(6-2)8-9(3)11-4/h5,9-11H,1,6-8H2,2-4H3. The van der Waals surface area contributed by atoms with Crippen LogP contribution in [0.25, 0.3) is 0 Å². The average Bonchev–Trinajstić information content (AvgIpc) is 2.03. The predicted molar refractivity (Wildman–Crippen MR) is 51.7 cm³/mol. The van der Waals surface area contributed by atoms with Gasteiger partial charge in [0, 0.05) is 6.04 Å². The normalized spacial score (nSPS) is 15.9. The highest BCUT2D eigenvalue weighted by Gasteiger charge is 2.07. The number of nitrogens with one attached hydrogen (secondary N) is 1. The molecule has 0 aliphatic heterocycles. The highest BCUT2D eigenvalue weighted by molar-refractivity contribution is 4.75. The Bertz CT molecular complexity index is 99.0. The predicted octanol–water partition coefficient (Wildman–Crippen LogP) is 2.59. The van der Waals surface area contributed by atoms with Crippen molar-refractivity contribution in [3.8, 4) is 0 Å². The molecule has 0 saturated carbocycles. The smallest absolute Gasteiger partial charge is 0.00384 e. The van der Waals surface area contributed by atoms with Crippen LogP contribution in [0.5, 0.6) is 0 Å². The Kier molecular flexibility index (Phi) is 6.24. The summed E-state index contributed by atoms with van der Waals surface area (Å²) in [5.74, 6) is 0.815. The zero-order valence-electron chi connectivity index (χ0n) is 8.06. The van der Waals surface area contributed by atoms with Gasteiger partial charge in [0.25, 0.3) is 0 Å². The summed E-state index contributed by atoms with van der Waals surface area (Å²) in [6, 6.07) is 0.639. The van der Waals surface area contributed by atoms with Crippen LogP contribution in [0.4, 0.5) is 0 Å². The van der Waals surface area contributed by atoms with E-state index < -0.39 is 0 Å². The third kappa shape index (κ3) is 5.02. The molecule has 66 valence electrons. The first-order valence-electron chi connectivity index (χ1n) is 4.52. The fourth-order valence-electron chi connectivity index (χ4n) is 1.28. The van der Waals surface area contributed by atoms with E-state index in [1.807, 2.05) is 13.1 Å². The van der Waals surface area contributed by atoms with E-state index in [1.54, 1.807) is 0 Å². The lowest BCUT2D eigenvalue weighted by Gasteiger charge is -2.17. The summed E-state index contributed by atoms with van der Waals surface area (Å²) in [4.78, 5) is 0. The third-order valence-electron chi connectivity index (χ3n) is 2.26. The molecule has 0 heterocycles. The van der Waals surface area contributed by atoms with Gasteiger partial charge in [0.2, 0.25) is 0 Å². The summed E-state index contributed by atoms with van der Waals surface area (Å²) in [6.45, 7) is 8.24. The van der Waals surface area contributed by atoms with E-state index in [4.69, 9.17) is 0 Å². The first-order valence-corrected chi connectivity index (χ1v) is 4.52. The minimum atomic E-state index is 0.639. The minimum Gasteiger partial charge on any atom is -0.317 e. The maximum Gasteiger partial charge on any atom is 0.00384 e. The van der Waals surface area contributed by atoms with E-state index in [2.05, 4.69) is 25.7 Å². The van der Waals surface area contributed by atoms with E-state index >= 15 is 0 Å². The fourth-order valence-corrected chi connectivity index (χ4v) is 1.28. The third-order valence-corrected chi connectivity index (χ3v) is 2.26. The van der Waals surface area contributed by atoms with Crippen molar-refractivity contribution < 1.29 is 0 Å². The second-order valence-corrected chi connectivity index (χ2v) is 3.22. The Morgan fingerprint density at radius 3 is 2.55 bits per heavy atom. The lowest BCUT2D eigenvalue weighted by Crippen LogP contribution is -2.24. The van der Waals surface area contributed by atoms with E-state index in [1.165, 1.54) is 12.8 Å². The largest absolute Gasteiger partial charge is 0.317 e. The van der Waals surface area contributed by atoms with E-state index in [0.29, 0.717) is 6.04 Å². The van der Waals surface area contributed by atoms with Crippen LogP contribution in [0.2, 0.25) is 0 Å². The van der Waals surface area contributed by atoms with Crippen LogP contribution < -0.4 is 5.32 Å². The molecule has 1 nitrogen and oxygen atoms in total. The van der Waals surface area contributed by atoms with Gasteiger partial charge in [-0.25, -0.2) is 0 Å². The van der Waals surface area contributed by atoms with Gasteiger partial charge in [-0.3, -0.25) is 0 Å². The van der Waals surface area contributed by atoms with Crippen LogP contribution in [0.15, 0.2) is 12.7 Å². The summed E-state index contributed by atoms with van der Waals surface area (Å²) in [6.07, 6.45) is 5.70. The van der Waals surface area contributed by atoms with E-state index in [0.717, 1.165) is 12.3 Å². The molecule has 0 fully saturated rings. The van der Waals surface area contributed by atoms with Gasteiger partial charge < -0.3 is 5.32 Å². The molecule has 2 atom stereocenters. The van der Waals surface area contributed by atoms with Crippen LogP contribution in [0.3, 0.4) is 0 Å². The molecule has 1 N–H and O–H groups in total. The quantitative estimate of drug-likeness (QED) is 0.581. The molecule has 0 radical (unpaired) electrons. The van der Waals surface area contributed by atoms with Gasteiger partial charge in [-0.2, -0.15) is 0 Å². The molecule has 0 aromatic carbocycles. The van der Waals surface area contributed by atoms with E-state index in [9.17, 15) is 0 Å². The summed E-state index contributed by atoms with van der Waals surface area (Å²) in [5, 5.41) is 3.25. The molecule has 0 amide bonds. The molecule has 0 aromatic rings. The number of rotatable bonds is 6. The number of hydrogen-bond acceptors (Lipinski definition) is 1. The Hall–Kier alpha value is -0.300. The summed E-state index contributed by atoms with van der Waals surface area (Å²) < 4.78 is 0. The first-order chi connectivity index (χ1) is 5.24. The molecule has 1 heteroatoms. The Morgan fingerprint density at radius 2 is 2.18 bits per heavy atom. The van der Waals surface area contributed by atoms with Crippen molar-refractivity contribution in [2.45, 2.75) is 39.2 Å². The summed E-state index contributed by atoms with van der Waals surface area (Å²) in [5.41, 5.74) is 0. The van der Waals surface area contributed by atoms with Crippen LogP contribution in [0, 0.1) is 5.92 Å². The maximum atomic E-state index is 3.76. The van der Waals surface area contributed by atoms with Crippen molar-refractivity contribution in [2.75, 3.05) is 7.05 Å². The number of hydrogen-bond donors (Lipinski definition) is 1. The highest BCUT2D eigenvalue weighted by atomic mass is 14.8. The minimum absolute atomic E-state index is 0.639. The zero-order chi connectivity index (χ0) is 8.69. The molecular weight excluding hydrogens is 134 g/mol. The monoisotopic (exact) mass is 155 g/mol. The molecule has 2 unspecified atom stereocenters. The lowest BCUT2D eigenvalue weighted by molar-refractivity contribution is 0.407. The highest BCUT2D eigenvalue weighted by Crippen LogP contribution is 2.15. The second kappa shape index (κ2) is 6.41. The van der Waals surface area contributed by atoms with E-state index in [-0.39, 0.29) is 0 Å². The van der Waals surface area contributed by atoms with Gasteiger partial charge in [-0.15, -0.1) is 6.58 Å². The van der Waals surface area contributed by atoms with Crippen molar-refractivity contribution >= 4 is 0 Å². The fraction of sp³-hybridized carbons (Fsp3) is 0.800. The number of allylic oxidation sites excluding steroid dienone is 1. The zero-order valence-corrected chi connectivity index (χ0v) is 8.06. The van der Waals surface area contributed by atoms with Gasteiger partial charge in [-0.1, -0.05) is 19.4 Å². The maximum absolute atomic E-state index is 3.76. The van der Waals surface area contributed by atoms with Gasteiger partial charge in [-0.05, 0) is 32.7 Å². The molecule has 0 rings (SSSR count). The van der Waals surface area contributed by atoms with Crippen molar-refractivity contribution in [1.29, 1.82) is 0 Å². The van der Waals surface area contributed by atoms with Crippen LogP contribution in [0.1, 0.15) is 33.1 Å². The van der Waals surface area contributed by atoms with Gasteiger partial charge in [0.05, 0.1) is 0 Å². The molecule has 0 spiro atoms. The summed E-state index contributed by atoms with van der Waals surface area (Å²) in [7, 11) is 2.02. The molecular formula is C10H21N. The molecule has 0 bridgehead atoms. The topological polar surface area (TPSA) is 12.0 Å². The van der Waals surface area contributed by atoms with Gasteiger partial charge >= 0.3 is 0 Å². The second-order valence-electron chi connectivity index (χ2n) is 3.22. The Morgan fingerprint density at radius 1 is 1.55 bits per heavy atom. The van der Waals surface area contributed by atoms with Gasteiger partial charge in [0.1, 0.15) is 0 Å².